The van der Waals surface area contributed by atoms with Crippen LogP contribution in [0, 0.1) is 5.92 Å². The number of rotatable bonds is 4. The van der Waals surface area contributed by atoms with Crippen molar-refractivity contribution in [3.05, 3.63) is 69.5 Å². The number of esters is 1. The topological polar surface area (TPSA) is 80.0 Å². The molecule has 1 saturated heterocycles. The number of ether oxygens (including phenoxy) is 1. The Morgan fingerprint density at radius 1 is 1.25 bits per heavy atom. The van der Waals surface area contributed by atoms with Gasteiger partial charge in [-0.05, 0) is 30.7 Å². The van der Waals surface area contributed by atoms with Gasteiger partial charge < -0.3 is 19.2 Å². The quantitative estimate of drug-likeness (QED) is 0.532. The van der Waals surface area contributed by atoms with Crippen LogP contribution in [0.15, 0.2) is 57.7 Å². The summed E-state index contributed by atoms with van der Waals surface area (Å²) in [4.78, 5) is 26.3. The molecular weight excluding hydrogens is 382 g/mol. The SMILES string of the molecule is O=C(OCc1cc(=O)oc2cc(O)ccc12)C1CCN(c2ccccc2Cl)C1. The Kier molecular flexibility index (Phi) is 4.96. The van der Waals surface area contributed by atoms with Crippen molar-refractivity contribution in [1.82, 2.24) is 0 Å². The monoisotopic (exact) mass is 399 g/mol. The van der Waals surface area contributed by atoms with Gasteiger partial charge in [0.2, 0.25) is 0 Å². The number of hydrogen-bond donors (Lipinski definition) is 1. The van der Waals surface area contributed by atoms with Crippen LogP contribution in [0.25, 0.3) is 11.0 Å². The van der Waals surface area contributed by atoms with E-state index in [-0.39, 0.29) is 29.8 Å². The molecular formula is C21H18ClNO5. The van der Waals surface area contributed by atoms with Crippen molar-refractivity contribution in [2.45, 2.75) is 13.0 Å². The molecule has 1 aliphatic rings. The number of hydrogen-bond acceptors (Lipinski definition) is 6. The van der Waals surface area contributed by atoms with E-state index in [4.69, 9.17) is 20.8 Å². The molecule has 144 valence electrons. The molecule has 1 aromatic heterocycles. The second-order valence-corrected chi connectivity index (χ2v) is 7.17. The van der Waals surface area contributed by atoms with Gasteiger partial charge in [0.25, 0.3) is 0 Å². The molecule has 1 aliphatic heterocycles. The summed E-state index contributed by atoms with van der Waals surface area (Å²) in [6.45, 7) is 1.23. The van der Waals surface area contributed by atoms with Crippen LogP contribution in [0.2, 0.25) is 5.02 Å². The summed E-state index contributed by atoms with van der Waals surface area (Å²) in [5.74, 6) is -0.572. The molecule has 1 unspecified atom stereocenters. The van der Waals surface area contributed by atoms with Gasteiger partial charge in [-0.3, -0.25) is 4.79 Å². The van der Waals surface area contributed by atoms with Gasteiger partial charge >= 0.3 is 11.6 Å². The molecule has 0 spiro atoms. The van der Waals surface area contributed by atoms with Crippen LogP contribution >= 0.6 is 11.6 Å². The summed E-state index contributed by atoms with van der Waals surface area (Å²) >= 11 is 6.24. The number of aromatic hydroxyl groups is 1. The Balaban J connectivity index is 1.45. The Bertz CT molecular complexity index is 1090. The average Bonchev–Trinajstić information content (AvgIpc) is 3.15. The summed E-state index contributed by atoms with van der Waals surface area (Å²) in [5.41, 5.74) is 1.14. The van der Waals surface area contributed by atoms with Crippen molar-refractivity contribution in [3.8, 4) is 5.75 Å². The van der Waals surface area contributed by atoms with E-state index in [1.54, 1.807) is 6.07 Å². The van der Waals surface area contributed by atoms with Crippen LogP contribution in [0.4, 0.5) is 5.69 Å². The molecule has 28 heavy (non-hydrogen) atoms. The maximum absolute atomic E-state index is 12.5. The van der Waals surface area contributed by atoms with Crippen LogP contribution in [0.3, 0.4) is 0 Å². The van der Waals surface area contributed by atoms with Crippen LogP contribution in [0.5, 0.6) is 5.75 Å². The number of carbonyl (C=O) groups is 1. The number of benzene rings is 2. The molecule has 0 bridgehead atoms. The standard InChI is InChI=1S/C21H18ClNO5/c22-17-3-1-2-4-18(17)23-8-7-13(11-23)21(26)27-12-14-9-20(25)28-19-10-15(24)5-6-16(14)19/h1-6,9-10,13,24H,7-8,11-12H2. The molecule has 1 fully saturated rings. The van der Waals surface area contributed by atoms with E-state index in [9.17, 15) is 14.7 Å². The summed E-state index contributed by atoms with van der Waals surface area (Å²) < 4.78 is 10.6. The predicted octanol–water partition coefficient (Wildman–Crippen LogP) is 3.72. The van der Waals surface area contributed by atoms with Gasteiger partial charge in [0.1, 0.15) is 17.9 Å². The number of anilines is 1. The van der Waals surface area contributed by atoms with E-state index in [1.165, 1.54) is 18.2 Å². The van der Waals surface area contributed by atoms with Crippen molar-refractivity contribution >= 4 is 34.2 Å². The lowest BCUT2D eigenvalue weighted by atomic mass is 10.1. The molecule has 0 amide bonds. The third-order valence-corrected chi connectivity index (χ3v) is 5.22. The molecule has 0 saturated carbocycles. The van der Waals surface area contributed by atoms with Gasteiger partial charge in [-0.2, -0.15) is 0 Å². The maximum Gasteiger partial charge on any atom is 0.336 e. The van der Waals surface area contributed by atoms with E-state index >= 15 is 0 Å². The van der Waals surface area contributed by atoms with Crippen LogP contribution < -0.4 is 10.5 Å². The molecule has 2 aromatic carbocycles. The lowest BCUT2D eigenvalue weighted by Gasteiger charge is -2.19. The Morgan fingerprint density at radius 3 is 2.89 bits per heavy atom. The van der Waals surface area contributed by atoms with Crippen molar-refractivity contribution < 1.29 is 19.1 Å². The highest BCUT2D eigenvalue weighted by atomic mass is 35.5. The van der Waals surface area contributed by atoms with Crippen molar-refractivity contribution in [2.24, 2.45) is 5.92 Å². The fourth-order valence-corrected chi connectivity index (χ4v) is 3.74. The minimum Gasteiger partial charge on any atom is -0.508 e. The highest BCUT2D eigenvalue weighted by Crippen LogP contribution is 2.31. The fraction of sp³-hybridized carbons (Fsp3) is 0.238. The van der Waals surface area contributed by atoms with E-state index in [2.05, 4.69) is 4.90 Å². The van der Waals surface area contributed by atoms with Gasteiger partial charge in [0.05, 0.1) is 16.6 Å². The molecule has 0 aliphatic carbocycles. The second-order valence-electron chi connectivity index (χ2n) is 6.76. The largest absolute Gasteiger partial charge is 0.508 e. The number of phenols is 1. The molecule has 1 N–H and O–H groups in total. The lowest BCUT2D eigenvalue weighted by Crippen LogP contribution is -2.24. The Morgan fingerprint density at radius 2 is 2.07 bits per heavy atom. The highest BCUT2D eigenvalue weighted by Gasteiger charge is 2.30. The van der Waals surface area contributed by atoms with Crippen LogP contribution in [0.1, 0.15) is 12.0 Å². The number of halogens is 1. The molecule has 0 radical (unpaired) electrons. The number of carbonyl (C=O) groups excluding carboxylic acids is 1. The average molecular weight is 400 g/mol. The Hall–Kier alpha value is -2.99. The predicted molar refractivity (Wildman–Crippen MR) is 106 cm³/mol. The van der Waals surface area contributed by atoms with Crippen LogP contribution in [-0.2, 0) is 16.1 Å². The van der Waals surface area contributed by atoms with E-state index in [0.717, 1.165) is 12.2 Å². The zero-order chi connectivity index (χ0) is 19.7. The fourth-order valence-electron chi connectivity index (χ4n) is 3.48. The summed E-state index contributed by atoms with van der Waals surface area (Å²) in [6.07, 6.45) is 0.676. The number of fused-ring (bicyclic) bond motifs is 1. The van der Waals surface area contributed by atoms with Crippen molar-refractivity contribution in [1.29, 1.82) is 0 Å². The van der Waals surface area contributed by atoms with E-state index < -0.39 is 5.63 Å². The third kappa shape index (κ3) is 3.68. The molecule has 4 rings (SSSR count). The first-order valence-electron chi connectivity index (χ1n) is 8.93. The van der Waals surface area contributed by atoms with Gasteiger partial charge in [0, 0.05) is 36.2 Å². The minimum absolute atomic E-state index is 0.00425. The maximum atomic E-state index is 12.5. The minimum atomic E-state index is -0.560. The Labute approximate surface area is 165 Å². The smallest absolute Gasteiger partial charge is 0.336 e. The molecule has 7 heteroatoms. The van der Waals surface area contributed by atoms with Crippen molar-refractivity contribution in [2.75, 3.05) is 18.0 Å². The summed E-state index contributed by atoms with van der Waals surface area (Å²) in [7, 11) is 0. The number of nitrogens with zero attached hydrogens (tertiary/aromatic N) is 1. The first-order chi connectivity index (χ1) is 13.5. The zero-order valence-electron chi connectivity index (χ0n) is 14.9. The number of para-hydroxylation sites is 1. The third-order valence-electron chi connectivity index (χ3n) is 4.90. The van der Waals surface area contributed by atoms with Crippen molar-refractivity contribution in [3.63, 3.8) is 0 Å². The van der Waals surface area contributed by atoms with Gasteiger partial charge in [-0.25, -0.2) is 4.79 Å². The highest BCUT2D eigenvalue weighted by molar-refractivity contribution is 6.33. The summed E-state index contributed by atoms with van der Waals surface area (Å²) in [5, 5.41) is 10.8. The molecule has 6 nitrogen and oxygen atoms in total. The molecule has 1 atom stereocenters. The zero-order valence-corrected chi connectivity index (χ0v) is 15.7. The normalized spacial score (nSPS) is 16.5. The van der Waals surface area contributed by atoms with Crippen LogP contribution in [-0.4, -0.2) is 24.2 Å². The number of phenolic OH excluding ortho intramolecular Hbond substituents is 1. The first-order valence-corrected chi connectivity index (χ1v) is 9.31. The van der Waals surface area contributed by atoms with Gasteiger partial charge in [-0.15, -0.1) is 0 Å². The summed E-state index contributed by atoms with van der Waals surface area (Å²) in [6, 6.07) is 13.3. The molecule has 2 heterocycles. The van der Waals surface area contributed by atoms with E-state index in [0.29, 0.717) is 28.9 Å². The van der Waals surface area contributed by atoms with Gasteiger partial charge in [0.15, 0.2) is 0 Å². The molecule has 3 aromatic rings. The lowest BCUT2D eigenvalue weighted by molar-refractivity contribution is -0.149. The first kappa shape index (κ1) is 18.4. The van der Waals surface area contributed by atoms with Gasteiger partial charge in [-0.1, -0.05) is 23.7 Å². The second kappa shape index (κ2) is 7.56. The van der Waals surface area contributed by atoms with E-state index in [1.807, 2.05) is 24.3 Å².